The van der Waals surface area contributed by atoms with E-state index in [1.54, 1.807) is 23.2 Å². The molecule has 5 nitrogen and oxygen atoms in total. The molecule has 1 saturated heterocycles. The molecule has 23 heavy (non-hydrogen) atoms. The molecule has 0 spiro atoms. The van der Waals surface area contributed by atoms with E-state index < -0.39 is 0 Å². The summed E-state index contributed by atoms with van der Waals surface area (Å²) in [6.45, 7) is 2.49. The molecule has 2 fully saturated rings. The van der Waals surface area contributed by atoms with Crippen molar-refractivity contribution in [3.05, 3.63) is 30.1 Å². The van der Waals surface area contributed by atoms with Gasteiger partial charge >= 0.3 is 0 Å². The Hall–Kier alpha value is -1.91. The first-order valence-corrected chi connectivity index (χ1v) is 8.72. The van der Waals surface area contributed by atoms with Crippen molar-refractivity contribution >= 4 is 11.8 Å². The molecule has 0 bridgehead atoms. The van der Waals surface area contributed by atoms with Gasteiger partial charge in [-0.25, -0.2) is 0 Å². The Balaban J connectivity index is 1.44. The van der Waals surface area contributed by atoms with Gasteiger partial charge in [-0.2, -0.15) is 0 Å². The predicted octanol–water partition coefficient (Wildman–Crippen LogP) is 2.34. The molecular weight excluding hydrogens is 290 g/mol. The molecule has 0 radical (unpaired) electrons. The van der Waals surface area contributed by atoms with Gasteiger partial charge in [-0.15, -0.1) is 0 Å². The summed E-state index contributed by atoms with van der Waals surface area (Å²) in [7, 11) is 0. The maximum atomic E-state index is 12.3. The number of aromatic nitrogens is 1. The van der Waals surface area contributed by atoms with Crippen molar-refractivity contribution in [3.63, 3.8) is 0 Å². The van der Waals surface area contributed by atoms with Crippen LogP contribution in [0.3, 0.4) is 0 Å². The zero-order valence-corrected chi connectivity index (χ0v) is 13.6. The lowest BCUT2D eigenvalue weighted by atomic mass is 10.0. The number of rotatable bonds is 4. The molecule has 1 aromatic rings. The molecule has 5 heteroatoms. The first-order valence-electron chi connectivity index (χ1n) is 8.72. The zero-order valence-electron chi connectivity index (χ0n) is 13.6. The summed E-state index contributed by atoms with van der Waals surface area (Å²) in [5, 5.41) is 0. The maximum absolute atomic E-state index is 12.3. The second kappa shape index (κ2) is 7.57. The highest BCUT2D eigenvalue weighted by Gasteiger charge is 2.26. The van der Waals surface area contributed by atoms with Crippen LogP contribution in [0.4, 0.5) is 0 Å². The Kier molecular flexibility index (Phi) is 5.26. The van der Waals surface area contributed by atoms with E-state index in [0.29, 0.717) is 38.3 Å². The number of piperazine rings is 1. The lowest BCUT2D eigenvalue weighted by Gasteiger charge is -2.34. The topological polar surface area (TPSA) is 53.5 Å². The number of amides is 2. The Morgan fingerprint density at radius 3 is 2.39 bits per heavy atom. The summed E-state index contributed by atoms with van der Waals surface area (Å²) in [5.74, 6) is 0.969. The Morgan fingerprint density at radius 2 is 1.74 bits per heavy atom. The number of carbonyl (C=O) groups excluding carboxylic acids is 2. The van der Waals surface area contributed by atoms with E-state index in [1.165, 1.54) is 25.7 Å². The summed E-state index contributed by atoms with van der Waals surface area (Å²) in [5.41, 5.74) is 0.480. The van der Waals surface area contributed by atoms with Gasteiger partial charge in [0.2, 0.25) is 5.91 Å². The Morgan fingerprint density at radius 1 is 1.04 bits per heavy atom. The summed E-state index contributed by atoms with van der Waals surface area (Å²) in [6, 6.07) is 5.36. The molecule has 1 aromatic heterocycles. The van der Waals surface area contributed by atoms with Gasteiger partial charge < -0.3 is 9.80 Å². The number of nitrogens with zero attached hydrogens (tertiary/aromatic N) is 3. The van der Waals surface area contributed by atoms with Gasteiger partial charge in [-0.05, 0) is 24.5 Å². The third-order valence-electron chi connectivity index (χ3n) is 5.04. The standard InChI is InChI=1S/C18H25N3O2/c22-17(9-8-15-5-1-2-6-15)20-11-13-21(14-12-20)18(23)16-7-3-4-10-19-16/h3-4,7,10,15H,1-2,5-6,8-9,11-14H2. The molecule has 0 N–H and O–H groups in total. The quantitative estimate of drug-likeness (QED) is 0.857. The highest BCUT2D eigenvalue weighted by molar-refractivity contribution is 5.92. The van der Waals surface area contributed by atoms with E-state index in [-0.39, 0.29) is 11.8 Å². The van der Waals surface area contributed by atoms with Crippen molar-refractivity contribution in [1.29, 1.82) is 0 Å². The van der Waals surface area contributed by atoms with Gasteiger partial charge in [0, 0.05) is 38.8 Å². The van der Waals surface area contributed by atoms with Crippen LogP contribution < -0.4 is 0 Å². The van der Waals surface area contributed by atoms with E-state index in [1.807, 2.05) is 11.0 Å². The molecule has 1 aliphatic carbocycles. The van der Waals surface area contributed by atoms with E-state index in [0.717, 1.165) is 12.3 Å². The molecule has 2 amide bonds. The average Bonchev–Trinajstić information content (AvgIpc) is 3.13. The maximum Gasteiger partial charge on any atom is 0.272 e. The van der Waals surface area contributed by atoms with Crippen molar-refractivity contribution in [2.45, 2.75) is 38.5 Å². The minimum atomic E-state index is -0.0383. The van der Waals surface area contributed by atoms with Gasteiger partial charge in [0.25, 0.3) is 5.91 Å². The fraction of sp³-hybridized carbons (Fsp3) is 0.611. The van der Waals surface area contributed by atoms with Crippen molar-refractivity contribution in [2.75, 3.05) is 26.2 Å². The van der Waals surface area contributed by atoms with E-state index >= 15 is 0 Å². The summed E-state index contributed by atoms with van der Waals surface area (Å²) in [6.07, 6.45) is 8.57. The molecular formula is C18H25N3O2. The average molecular weight is 315 g/mol. The number of carbonyl (C=O) groups is 2. The Bertz CT molecular complexity index is 532. The zero-order chi connectivity index (χ0) is 16.1. The van der Waals surface area contributed by atoms with Crippen LogP contribution in [0.2, 0.25) is 0 Å². The lowest BCUT2D eigenvalue weighted by Crippen LogP contribution is -2.50. The number of hydrogen-bond acceptors (Lipinski definition) is 3. The van der Waals surface area contributed by atoms with Crippen LogP contribution in [0.25, 0.3) is 0 Å². The third kappa shape index (κ3) is 4.09. The fourth-order valence-electron chi connectivity index (χ4n) is 3.59. The largest absolute Gasteiger partial charge is 0.339 e. The molecule has 3 rings (SSSR count). The van der Waals surface area contributed by atoms with Crippen LogP contribution in [0.1, 0.15) is 49.0 Å². The molecule has 2 heterocycles. The van der Waals surface area contributed by atoms with Crippen LogP contribution in [0.5, 0.6) is 0 Å². The monoisotopic (exact) mass is 315 g/mol. The summed E-state index contributed by atoms with van der Waals surface area (Å²) >= 11 is 0. The number of pyridine rings is 1. The highest BCUT2D eigenvalue weighted by Crippen LogP contribution is 2.28. The van der Waals surface area contributed by atoms with Gasteiger partial charge in [0.1, 0.15) is 5.69 Å². The third-order valence-corrected chi connectivity index (χ3v) is 5.04. The predicted molar refractivity (Wildman–Crippen MR) is 87.9 cm³/mol. The van der Waals surface area contributed by atoms with Crippen LogP contribution in [0, 0.1) is 5.92 Å². The van der Waals surface area contributed by atoms with Crippen molar-refractivity contribution in [1.82, 2.24) is 14.8 Å². The summed E-state index contributed by atoms with van der Waals surface area (Å²) < 4.78 is 0. The van der Waals surface area contributed by atoms with Crippen molar-refractivity contribution in [3.8, 4) is 0 Å². The molecule has 1 saturated carbocycles. The minimum absolute atomic E-state index is 0.0383. The van der Waals surface area contributed by atoms with Gasteiger partial charge in [0.15, 0.2) is 0 Å². The van der Waals surface area contributed by atoms with Gasteiger partial charge in [-0.3, -0.25) is 14.6 Å². The SMILES string of the molecule is O=C(CCC1CCCC1)N1CCN(C(=O)c2ccccn2)CC1. The molecule has 1 aliphatic heterocycles. The Labute approximate surface area is 137 Å². The van der Waals surface area contributed by atoms with Crippen LogP contribution in [-0.2, 0) is 4.79 Å². The van der Waals surface area contributed by atoms with E-state index in [9.17, 15) is 9.59 Å². The van der Waals surface area contributed by atoms with Crippen LogP contribution >= 0.6 is 0 Å². The summed E-state index contributed by atoms with van der Waals surface area (Å²) in [4.78, 5) is 32.5. The number of hydrogen-bond donors (Lipinski definition) is 0. The van der Waals surface area contributed by atoms with E-state index in [4.69, 9.17) is 0 Å². The van der Waals surface area contributed by atoms with Crippen molar-refractivity contribution < 1.29 is 9.59 Å². The van der Waals surface area contributed by atoms with Gasteiger partial charge in [0.05, 0.1) is 0 Å². The smallest absolute Gasteiger partial charge is 0.272 e. The van der Waals surface area contributed by atoms with E-state index in [2.05, 4.69) is 4.98 Å². The second-order valence-electron chi connectivity index (χ2n) is 6.58. The molecule has 124 valence electrons. The van der Waals surface area contributed by atoms with Crippen molar-refractivity contribution in [2.24, 2.45) is 5.92 Å². The van der Waals surface area contributed by atoms with Crippen LogP contribution in [0.15, 0.2) is 24.4 Å². The molecule has 0 unspecified atom stereocenters. The lowest BCUT2D eigenvalue weighted by molar-refractivity contribution is -0.133. The second-order valence-corrected chi connectivity index (χ2v) is 6.58. The molecule has 0 atom stereocenters. The highest BCUT2D eigenvalue weighted by atomic mass is 16.2. The molecule has 2 aliphatic rings. The molecule has 0 aromatic carbocycles. The fourth-order valence-corrected chi connectivity index (χ4v) is 3.59. The normalized spacial score (nSPS) is 19.1. The van der Waals surface area contributed by atoms with Crippen LogP contribution in [-0.4, -0.2) is 52.8 Å². The van der Waals surface area contributed by atoms with Gasteiger partial charge in [-0.1, -0.05) is 31.7 Å². The first kappa shape index (κ1) is 16.0. The minimum Gasteiger partial charge on any atom is -0.339 e. The first-order chi connectivity index (χ1) is 11.2.